The van der Waals surface area contributed by atoms with E-state index in [-0.39, 0.29) is 18.6 Å². The highest BCUT2D eigenvalue weighted by Crippen LogP contribution is 2.26. The second kappa shape index (κ2) is 9.41. The lowest BCUT2D eigenvalue weighted by Gasteiger charge is -2.18. The summed E-state index contributed by atoms with van der Waals surface area (Å²) in [6.45, 7) is -0.144. The topological polar surface area (TPSA) is 71.5 Å². The van der Waals surface area contributed by atoms with Crippen molar-refractivity contribution in [3.8, 4) is 17.0 Å². The van der Waals surface area contributed by atoms with Crippen LogP contribution in [0.3, 0.4) is 0 Å². The summed E-state index contributed by atoms with van der Waals surface area (Å²) in [5, 5.41) is 13.6. The summed E-state index contributed by atoms with van der Waals surface area (Å²) in [5.74, 6) is 0.526. The number of aliphatic hydroxyl groups excluding tert-OH is 1. The zero-order chi connectivity index (χ0) is 21.6. The van der Waals surface area contributed by atoms with Gasteiger partial charge in [-0.2, -0.15) is 0 Å². The summed E-state index contributed by atoms with van der Waals surface area (Å²) in [4.78, 5) is 18.0. The quantitative estimate of drug-likeness (QED) is 0.476. The van der Waals surface area contributed by atoms with Crippen molar-refractivity contribution < 1.29 is 14.6 Å². The molecule has 2 N–H and O–H groups in total. The van der Waals surface area contributed by atoms with E-state index in [1.54, 1.807) is 13.2 Å². The molecule has 0 spiro atoms. The molecule has 1 amide bonds. The first kappa shape index (κ1) is 20.6. The molecule has 5 heteroatoms. The third-order valence-corrected chi connectivity index (χ3v) is 5.23. The lowest BCUT2D eigenvalue weighted by Crippen LogP contribution is -2.39. The highest BCUT2D eigenvalue weighted by Gasteiger charge is 2.18. The van der Waals surface area contributed by atoms with Crippen molar-refractivity contribution in [3.63, 3.8) is 0 Å². The Morgan fingerprint density at radius 2 is 1.71 bits per heavy atom. The average molecular weight is 412 g/mol. The molecule has 4 aromatic rings. The highest BCUT2D eigenvalue weighted by atomic mass is 16.5. The molecule has 0 aliphatic heterocycles. The molecule has 0 saturated heterocycles. The number of fused-ring (bicyclic) bond motifs is 1. The Bertz CT molecular complexity index is 1170. The fourth-order valence-electron chi connectivity index (χ4n) is 3.60. The number of amides is 1. The molecule has 1 atom stereocenters. The number of methoxy groups -OCH3 is 1. The van der Waals surface area contributed by atoms with Crippen molar-refractivity contribution in [1.82, 2.24) is 10.3 Å². The van der Waals surface area contributed by atoms with Gasteiger partial charge in [-0.3, -0.25) is 4.79 Å². The monoisotopic (exact) mass is 412 g/mol. The van der Waals surface area contributed by atoms with Gasteiger partial charge in [-0.1, -0.05) is 48.5 Å². The standard InChI is InChI=1S/C26H24N2O3/c1-31-21-13-11-19(12-14-21)25-16-23(22-9-5-6-10-24(22)28-25)26(30)27-20(17-29)15-18-7-3-2-4-8-18/h2-14,16,20,29H,15,17H2,1H3,(H,27,30)/t20-/m1/s1. The van der Waals surface area contributed by atoms with Crippen molar-refractivity contribution in [3.05, 3.63) is 96.1 Å². The second-order valence-electron chi connectivity index (χ2n) is 7.34. The van der Waals surface area contributed by atoms with Crippen LogP contribution in [0.4, 0.5) is 0 Å². The van der Waals surface area contributed by atoms with Crippen LogP contribution >= 0.6 is 0 Å². The fraction of sp³-hybridized carbons (Fsp3) is 0.154. The van der Waals surface area contributed by atoms with Gasteiger partial charge in [0.1, 0.15) is 5.75 Å². The largest absolute Gasteiger partial charge is 0.497 e. The molecule has 4 rings (SSSR count). The summed E-state index contributed by atoms with van der Waals surface area (Å²) >= 11 is 0. The number of hydrogen-bond acceptors (Lipinski definition) is 4. The number of nitrogens with one attached hydrogen (secondary N) is 1. The van der Waals surface area contributed by atoms with Crippen molar-refractivity contribution in [2.75, 3.05) is 13.7 Å². The Kier molecular flexibility index (Phi) is 6.24. The average Bonchev–Trinajstić information content (AvgIpc) is 2.83. The summed E-state index contributed by atoms with van der Waals surface area (Å²) in [5.41, 5.74) is 3.92. The number of carbonyl (C=O) groups excluding carboxylic acids is 1. The van der Waals surface area contributed by atoms with Gasteiger partial charge in [0.25, 0.3) is 5.91 Å². The summed E-state index contributed by atoms with van der Waals surface area (Å²) in [6.07, 6.45) is 0.553. The Balaban J connectivity index is 1.67. The van der Waals surface area contributed by atoms with Crippen LogP contribution in [-0.4, -0.2) is 35.8 Å². The summed E-state index contributed by atoms with van der Waals surface area (Å²) in [7, 11) is 1.62. The number of pyridine rings is 1. The van der Waals surface area contributed by atoms with Crippen LogP contribution in [-0.2, 0) is 6.42 Å². The Labute approximate surface area is 181 Å². The molecule has 0 aliphatic rings. The van der Waals surface area contributed by atoms with Crippen LogP contribution in [0.5, 0.6) is 5.75 Å². The van der Waals surface area contributed by atoms with E-state index in [9.17, 15) is 9.90 Å². The smallest absolute Gasteiger partial charge is 0.252 e. The van der Waals surface area contributed by atoms with Crippen LogP contribution in [0.2, 0.25) is 0 Å². The van der Waals surface area contributed by atoms with Gasteiger partial charge in [0.05, 0.1) is 36.5 Å². The summed E-state index contributed by atoms with van der Waals surface area (Å²) in [6, 6.07) is 26.4. The van der Waals surface area contributed by atoms with Crippen molar-refractivity contribution in [1.29, 1.82) is 0 Å². The van der Waals surface area contributed by atoms with Gasteiger partial charge in [-0.15, -0.1) is 0 Å². The maximum Gasteiger partial charge on any atom is 0.252 e. The zero-order valence-corrected chi connectivity index (χ0v) is 17.3. The minimum Gasteiger partial charge on any atom is -0.497 e. The zero-order valence-electron chi connectivity index (χ0n) is 17.3. The maximum atomic E-state index is 13.2. The van der Waals surface area contributed by atoms with Crippen LogP contribution in [0.25, 0.3) is 22.2 Å². The molecule has 0 fully saturated rings. The summed E-state index contributed by atoms with van der Waals surface area (Å²) < 4.78 is 5.23. The molecule has 0 unspecified atom stereocenters. The SMILES string of the molecule is COc1ccc(-c2cc(C(=O)N[C@@H](CO)Cc3ccccc3)c3ccccc3n2)cc1. The highest BCUT2D eigenvalue weighted by molar-refractivity contribution is 6.07. The minimum atomic E-state index is -0.383. The van der Waals surface area contributed by atoms with Crippen molar-refractivity contribution >= 4 is 16.8 Å². The Morgan fingerprint density at radius 1 is 1.00 bits per heavy atom. The minimum absolute atomic E-state index is 0.144. The molecule has 0 radical (unpaired) electrons. The van der Waals surface area contributed by atoms with E-state index in [2.05, 4.69) is 5.32 Å². The van der Waals surface area contributed by atoms with E-state index in [0.29, 0.717) is 17.7 Å². The first-order valence-corrected chi connectivity index (χ1v) is 10.2. The van der Waals surface area contributed by atoms with Crippen LogP contribution in [0.15, 0.2) is 84.9 Å². The van der Waals surface area contributed by atoms with E-state index < -0.39 is 0 Å². The molecule has 156 valence electrons. The van der Waals surface area contributed by atoms with Crippen LogP contribution in [0, 0.1) is 0 Å². The Morgan fingerprint density at radius 3 is 2.42 bits per heavy atom. The number of carbonyl (C=O) groups is 1. The number of para-hydroxylation sites is 1. The lowest BCUT2D eigenvalue weighted by atomic mass is 10.0. The van der Waals surface area contributed by atoms with Gasteiger partial charge in [0, 0.05) is 10.9 Å². The van der Waals surface area contributed by atoms with Crippen LogP contribution < -0.4 is 10.1 Å². The van der Waals surface area contributed by atoms with Gasteiger partial charge in [-0.05, 0) is 48.4 Å². The van der Waals surface area contributed by atoms with Gasteiger partial charge in [0.15, 0.2) is 0 Å². The molecule has 0 bridgehead atoms. The predicted octanol–water partition coefficient (Wildman–Crippen LogP) is 4.24. The number of aromatic nitrogens is 1. The van der Waals surface area contributed by atoms with E-state index in [1.807, 2.05) is 78.9 Å². The van der Waals surface area contributed by atoms with Gasteiger partial charge in [-0.25, -0.2) is 4.98 Å². The van der Waals surface area contributed by atoms with E-state index in [0.717, 1.165) is 27.8 Å². The lowest BCUT2D eigenvalue weighted by molar-refractivity contribution is 0.0918. The fourth-order valence-corrected chi connectivity index (χ4v) is 3.60. The third kappa shape index (κ3) is 4.73. The maximum absolute atomic E-state index is 13.2. The third-order valence-electron chi connectivity index (χ3n) is 5.23. The molecular formula is C26H24N2O3. The molecule has 5 nitrogen and oxygen atoms in total. The van der Waals surface area contributed by atoms with Crippen molar-refractivity contribution in [2.24, 2.45) is 0 Å². The number of hydrogen-bond donors (Lipinski definition) is 2. The number of benzene rings is 3. The number of nitrogens with zero attached hydrogens (tertiary/aromatic N) is 1. The molecule has 0 aliphatic carbocycles. The van der Waals surface area contributed by atoms with E-state index in [1.165, 1.54) is 0 Å². The first-order valence-electron chi connectivity index (χ1n) is 10.2. The first-order chi connectivity index (χ1) is 15.2. The van der Waals surface area contributed by atoms with Gasteiger partial charge >= 0.3 is 0 Å². The molecule has 1 heterocycles. The predicted molar refractivity (Wildman–Crippen MR) is 122 cm³/mol. The number of rotatable bonds is 7. The van der Waals surface area contributed by atoms with E-state index >= 15 is 0 Å². The molecule has 3 aromatic carbocycles. The Hall–Kier alpha value is -3.70. The molecule has 1 aromatic heterocycles. The number of ether oxygens (including phenoxy) is 1. The molecular weight excluding hydrogens is 388 g/mol. The molecule has 31 heavy (non-hydrogen) atoms. The second-order valence-corrected chi connectivity index (χ2v) is 7.34. The molecule has 0 saturated carbocycles. The van der Waals surface area contributed by atoms with Gasteiger partial charge in [0.2, 0.25) is 0 Å². The number of aliphatic hydroxyl groups is 1. The van der Waals surface area contributed by atoms with E-state index in [4.69, 9.17) is 9.72 Å². The van der Waals surface area contributed by atoms with Gasteiger partial charge < -0.3 is 15.2 Å². The van der Waals surface area contributed by atoms with Crippen molar-refractivity contribution in [2.45, 2.75) is 12.5 Å². The van der Waals surface area contributed by atoms with Crippen LogP contribution in [0.1, 0.15) is 15.9 Å². The normalized spacial score (nSPS) is 11.8.